The summed E-state index contributed by atoms with van der Waals surface area (Å²) < 4.78 is 9.90. The molecule has 0 atom stereocenters. The van der Waals surface area contributed by atoms with Crippen LogP contribution in [0.5, 0.6) is 0 Å². The van der Waals surface area contributed by atoms with Gasteiger partial charge in [0.1, 0.15) is 12.7 Å². The first-order chi connectivity index (χ1) is 4.29. The van der Waals surface area contributed by atoms with Gasteiger partial charge in [0.15, 0.2) is 5.78 Å². The van der Waals surface area contributed by atoms with Gasteiger partial charge in [-0.25, -0.2) is 0 Å². The maximum Gasteiger partial charge on any atom is 0.155 e. The van der Waals surface area contributed by atoms with E-state index < -0.39 is 0 Å². The lowest BCUT2D eigenvalue weighted by Gasteiger charge is -2.25. The van der Waals surface area contributed by atoms with Crippen LogP contribution < -0.4 is 0 Å². The highest BCUT2D eigenvalue weighted by atomic mass is 16.6. The molecule has 3 nitrogen and oxygen atoms in total. The van der Waals surface area contributed by atoms with Crippen molar-refractivity contribution in [2.75, 3.05) is 19.8 Å². The molecule has 0 aromatic rings. The molecule has 1 fully saturated rings. The summed E-state index contributed by atoms with van der Waals surface area (Å²) in [5.41, 5.74) is 0. The second-order valence-corrected chi connectivity index (χ2v) is 2.17. The first kappa shape index (κ1) is 6.71. The van der Waals surface area contributed by atoms with E-state index in [2.05, 4.69) is 0 Å². The maximum absolute atomic E-state index is 10.3. The van der Waals surface area contributed by atoms with E-state index in [9.17, 15) is 4.79 Å². The van der Waals surface area contributed by atoms with Crippen LogP contribution in [0.2, 0.25) is 0 Å². The molecule has 0 bridgehead atoms. The van der Waals surface area contributed by atoms with Gasteiger partial charge in [-0.3, -0.25) is 4.79 Å². The third kappa shape index (κ3) is 2.11. The van der Waals surface area contributed by atoms with Crippen molar-refractivity contribution in [3.63, 3.8) is 0 Å². The van der Waals surface area contributed by atoms with E-state index in [1.807, 2.05) is 0 Å². The number of carbonyl (C=O) groups excluding carboxylic acids is 1. The Labute approximate surface area is 53.9 Å². The SMILES string of the molecule is CC(=O)COC1COC1. The fourth-order valence-electron chi connectivity index (χ4n) is 0.546. The van der Waals surface area contributed by atoms with Crippen molar-refractivity contribution in [3.8, 4) is 0 Å². The number of ether oxygens (including phenoxy) is 2. The zero-order valence-corrected chi connectivity index (χ0v) is 5.42. The molecule has 0 unspecified atom stereocenters. The zero-order chi connectivity index (χ0) is 6.69. The Morgan fingerprint density at radius 1 is 1.78 bits per heavy atom. The van der Waals surface area contributed by atoms with Crippen molar-refractivity contribution in [2.45, 2.75) is 13.0 Å². The first-order valence-electron chi connectivity index (χ1n) is 2.98. The summed E-state index contributed by atoms with van der Waals surface area (Å²) in [4.78, 5) is 10.3. The smallest absolute Gasteiger partial charge is 0.155 e. The molecule has 0 aliphatic carbocycles. The fourth-order valence-corrected chi connectivity index (χ4v) is 0.546. The molecular weight excluding hydrogens is 120 g/mol. The predicted octanol–water partition coefficient (Wildman–Crippen LogP) is -0.00920. The fraction of sp³-hybridized carbons (Fsp3) is 0.833. The zero-order valence-electron chi connectivity index (χ0n) is 5.42. The maximum atomic E-state index is 10.3. The molecule has 1 rings (SSSR count). The van der Waals surface area contributed by atoms with E-state index in [0.29, 0.717) is 13.2 Å². The number of carbonyl (C=O) groups is 1. The third-order valence-corrected chi connectivity index (χ3v) is 1.13. The van der Waals surface area contributed by atoms with Crippen molar-refractivity contribution < 1.29 is 14.3 Å². The van der Waals surface area contributed by atoms with Gasteiger partial charge >= 0.3 is 0 Å². The molecule has 52 valence electrons. The van der Waals surface area contributed by atoms with E-state index in [4.69, 9.17) is 9.47 Å². The quantitative estimate of drug-likeness (QED) is 0.539. The number of ketones is 1. The second-order valence-electron chi connectivity index (χ2n) is 2.17. The molecule has 0 saturated carbocycles. The van der Waals surface area contributed by atoms with Crippen LogP contribution in [-0.4, -0.2) is 31.7 Å². The van der Waals surface area contributed by atoms with Crippen LogP contribution in [0.25, 0.3) is 0 Å². The van der Waals surface area contributed by atoms with E-state index in [0.717, 1.165) is 0 Å². The molecule has 1 aliphatic heterocycles. The van der Waals surface area contributed by atoms with Gasteiger partial charge in [0.2, 0.25) is 0 Å². The molecule has 0 aromatic carbocycles. The van der Waals surface area contributed by atoms with Crippen molar-refractivity contribution >= 4 is 5.78 Å². The Hall–Kier alpha value is -0.410. The van der Waals surface area contributed by atoms with Crippen LogP contribution in [0.1, 0.15) is 6.92 Å². The summed E-state index contributed by atoms with van der Waals surface area (Å²) in [5.74, 6) is 0.0712. The lowest BCUT2D eigenvalue weighted by molar-refractivity contribution is -0.145. The second kappa shape index (κ2) is 2.94. The number of Topliss-reactive ketones (excluding diaryl/α,β-unsaturated/α-hetero) is 1. The molecule has 0 spiro atoms. The van der Waals surface area contributed by atoms with Gasteiger partial charge in [0.05, 0.1) is 13.2 Å². The van der Waals surface area contributed by atoms with Crippen LogP contribution in [0.4, 0.5) is 0 Å². The minimum absolute atomic E-state index is 0.0712. The van der Waals surface area contributed by atoms with Crippen LogP contribution in [0, 0.1) is 0 Å². The van der Waals surface area contributed by atoms with Crippen molar-refractivity contribution in [3.05, 3.63) is 0 Å². The normalized spacial score (nSPS) is 19.2. The monoisotopic (exact) mass is 130 g/mol. The minimum atomic E-state index is 0.0712. The summed E-state index contributed by atoms with van der Waals surface area (Å²) in [7, 11) is 0. The number of hydrogen-bond acceptors (Lipinski definition) is 3. The summed E-state index contributed by atoms with van der Waals surface area (Å²) >= 11 is 0. The Kier molecular flexibility index (Phi) is 2.19. The van der Waals surface area contributed by atoms with E-state index in [1.165, 1.54) is 6.92 Å². The van der Waals surface area contributed by atoms with Crippen molar-refractivity contribution in [2.24, 2.45) is 0 Å². The molecule has 1 aliphatic rings. The Morgan fingerprint density at radius 3 is 2.78 bits per heavy atom. The molecule has 0 amide bonds. The highest BCUT2D eigenvalue weighted by Gasteiger charge is 2.18. The molecule has 1 heterocycles. The average molecular weight is 130 g/mol. The average Bonchev–Trinajstić information content (AvgIpc) is 1.60. The van der Waals surface area contributed by atoms with Gasteiger partial charge in [-0.1, -0.05) is 0 Å². The van der Waals surface area contributed by atoms with Gasteiger partial charge < -0.3 is 9.47 Å². The number of hydrogen-bond donors (Lipinski definition) is 0. The molecule has 1 saturated heterocycles. The van der Waals surface area contributed by atoms with Crippen LogP contribution >= 0.6 is 0 Å². The molecule has 0 N–H and O–H groups in total. The third-order valence-electron chi connectivity index (χ3n) is 1.13. The molecule has 3 heteroatoms. The van der Waals surface area contributed by atoms with Crippen molar-refractivity contribution in [1.82, 2.24) is 0 Å². The summed E-state index contributed by atoms with van der Waals surface area (Å²) in [5, 5.41) is 0. The Bertz CT molecular complexity index is 107. The van der Waals surface area contributed by atoms with Gasteiger partial charge in [0.25, 0.3) is 0 Å². The predicted molar refractivity (Wildman–Crippen MR) is 31.2 cm³/mol. The lowest BCUT2D eigenvalue weighted by Crippen LogP contribution is -2.37. The topological polar surface area (TPSA) is 35.5 Å². The first-order valence-corrected chi connectivity index (χ1v) is 2.98. The largest absolute Gasteiger partial charge is 0.376 e. The van der Waals surface area contributed by atoms with Crippen LogP contribution in [0.3, 0.4) is 0 Å². The van der Waals surface area contributed by atoms with Crippen LogP contribution in [-0.2, 0) is 14.3 Å². The molecule has 0 radical (unpaired) electrons. The minimum Gasteiger partial charge on any atom is -0.376 e. The van der Waals surface area contributed by atoms with Gasteiger partial charge in [-0.05, 0) is 6.92 Å². The summed E-state index contributed by atoms with van der Waals surface area (Å²) in [6.07, 6.45) is 0.175. The standard InChI is InChI=1S/C6H10O3/c1-5(7)2-9-6-3-8-4-6/h6H,2-4H2,1H3. The lowest BCUT2D eigenvalue weighted by atomic mass is 10.3. The summed E-state index contributed by atoms with van der Waals surface area (Å²) in [6, 6.07) is 0. The van der Waals surface area contributed by atoms with Gasteiger partial charge in [-0.15, -0.1) is 0 Å². The summed E-state index contributed by atoms with van der Waals surface area (Å²) in [6.45, 7) is 3.04. The van der Waals surface area contributed by atoms with Crippen LogP contribution in [0.15, 0.2) is 0 Å². The highest BCUT2D eigenvalue weighted by molar-refractivity contribution is 5.76. The van der Waals surface area contributed by atoms with Gasteiger partial charge in [-0.2, -0.15) is 0 Å². The highest BCUT2D eigenvalue weighted by Crippen LogP contribution is 2.04. The van der Waals surface area contributed by atoms with Crippen molar-refractivity contribution in [1.29, 1.82) is 0 Å². The van der Waals surface area contributed by atoms with Gasteiger partial charge in [0, 0.05) is 0 Å². The number of rotatable bonds is 3. The van der Waals surface area contributed by atoms with E-state index >= 15 is 0 Å². The molecule has 9 heavy (non-hydrogen) atoms. The Balaban J connectivity index is 1.97. The van der Waals surface area contributed by atoms with E-state index in [1.54, 1.807) is 0 Å². The molecular formula is C6H10O3. The Morgan fingerprint density at radius 2 is 2.44 bits per heavy atom. The molecule has 0 aromatic heterocycles. The van der Waals surface area contributed by atoms with E-state index in [-0.39, 0.29) is 18.5 Å².